The van der Waals surface area contributed by atoms with Crippen molar-refractivity contribution in [2.24, 2.45) is 0 Å². The Morgan fingerprint density at radius 1 is 0.971 bits per heavy atom. The lowest BCUT2D eigenvalue weighted by Crippen LogP contribution is -2.37. The van der Waals surface area contributed by atoms with Crippen LogP contribution in [0, 0.1) is 22.6 Å². The molecule has 164 valence electrons. The van der Waals surface area contributed by atoms with Crippen molar-refractivity contribution in [3.63, 3.8) is 0 Å². The minimum atomic E-state index is -0.482. The molecule has 3 aromatic rings. The van der Waals surface area contributed by atoms with Gasteiger partial charge >= 0.3 is 0 Å². The number of thioether (sulfide) groups is 2. The molecule has 1 unspecified atom stereocenters. The normalized spacial score (nSPS) is 21.1. The van der Waals surface area contributed by atoms with Crippen molar-refractivity contribution in [1.29, 1.82) is 10.7 Å². The fourth-order valence-electron chi connectivity index (χ4n) is 4.44. The van der Waals surface area contributed by atoms with Crippen LogP contribution >= 0.6 is 23.5 Å². The third kappa shape index (κ3) is 3.26. The minimum absolute atomic E-state index is 0.318. The summed E-state index contributed by atoms with van der Waals surface area (Å²) in [5, 5.41) is 26.7. The highest BCUT2D eigenvalue weighted by Gasteiger charge is 2.43. The lowest BCUT2D eigenvalue weighted by molar-refractivity contribution is 0.626. The molecule has 34 heavy (non-hydrogen) atoms. The van der Waals surface area contributed by atoms with E-state index in [2.05, 4.69) is 11.4 Å². The first kappa shape index (κ1) is 20.8. The van der Waals surface area contributed by atoms with Crippen molar-refractivity contribution >= 4 is 40.7 Å². The van der Waals surface area contributed by atoms with Gasteiger partial charge in [0.15, 0.2) is 0 Å². The van der Waals surface area contributed by atoms with Crippen LogP contribution in [0.4, 0.5) is 10.1 Å². The summed E-state index contributed by atoms with van der Waals surface area (Å²) in [7, 11) is 0. The lowest BCUT2D eigenvalue weighted by atomic mass is 9.82. The first-order valence-electron chi connectivity index (χ1n) is 10.6. The van der Waals surface area contributed by atoms with Gasteiger partial charge in [-0.3, -0.25) is 10.3 Å². The highest BCUT2D eigenvalue weighted by molar-refractivity contribution is 8.06. The third-order valence-corrected chi connectivity index (χ3v) is 8.07. The van der Waals surface area contributed by atoms with E-state index in [1.54, 1.807) is 12.1 Å². The number of hydrogen-bond donors (Lipinski definition) is 2. The largest absolute Gasteiger partial charge is 0.349 e. The van der Waals surface area contributed by atoms with Crippen molar-refractivity contribution in [3.8, 4) is 6.07 Å². The Hall–Kier alpha value is -3.73. The van der Waals surface area contributed by atoms with Gasteiger partial charge in [0.25, 0.3) is 0 Å². The molecule has 0 saturated heterocycles. The zero-order chi connectivity index (χ0) is 23.2. The van der Waals surface area contributed by atoms with E-state index >= 15 is 0 Å². The molecule has 0 aromatic heterocycles. The van der Waals surface area contributed by atoms with Crippen LogP contribution in [-0.2, 0) is 0 Å². The lowest BCUT2D eigenvalue weighted by Gasteiger charge is -2.35. The number of nitrogens with zero attached hydrogens (tertiary/aromatic N) is 2. The summed E-state index contributed by atoms with van der Waals surface area (Å²) in [5.41, 5.74) is 4.94. The number of benzene rings is 3. The number of fused-ring (bicyclic) bond motifs is 3. The van der Waals surface area contributed by atoms with E-state index in [4.69, 9.17) is 0 Å². The second kappa shape index (κ2) is 8.24. The molecule has 4 nitrogen and oxygen atoms in total. The predicted molar refractivity (Wildman–Crippen MR) is 136 cm³/mol. The average Bonchev–Trinajstić information content (AvgIpc) is 3.50. The van der Waals surface area contributed by atoms with Gasteiger partial charge in [-0.25, -0.2) is 4.39 Å². The van der Waals surface area contributed by atoms with E-state index < -0.39 is 5.92 Å². The Balaban J connectivity index is 1.54. The molecule has 3 aliphatic rings. The van der Waals surface area contributed by atoms with Gasteiger partial charge < -0.3 is 5.32 Å². The van der Waals surface area contributed by atoms with E-state index in [9.17, 15) is 15.1 Å². The summed E-state index contributed by atoms with van der Waals surface area (Å²) < 4.78 is 13.8. The molecule has 0 radical (unpaired) electrons. The summed E-state index contributed by atoms with van der Waals surface area (Å²) in [6, 6.07) is 26.5. The maximum absolute atomic E-state index is 13.8. The molecule has 2 N–H and O–H groups in total. The molecule has 6 rings (SSSR count). The zero-order valence-corrected chi connectivity index (χ0v) is 19.4. The van der Waals surface area contributed by atoms with Crippen LogP contribution in [0.25, 0.3) is 5.70 Å². The van der Waals surface area contributed by atoms with Crippen molar-refractivity contribution in [2.45, 2.75) is 10.8 Å². The van der Waals surface area contributed by atoms with Crippen LogP contribution < -0.4 is 10.2 Å². The molecule has 1 atom stereocenters. The average molecular weight is 481 g/mol. The van der Waals surface area contributed by atoms with Crippen molar-refractivity contribution < 1.29 is 4.39 Å². The van der Waals surface area contributed by atoms with E-state index in [1.807, 2.05) is 64.9 Å². The van der Waals surface area contributed by atoms with Crippen molar-refractivity contribution in [3.05, 3.63) is 122 Å². The van der Waals surface area contributed by atoms with Gasteiger partial charge in [-0.1, -0.05) is 78.1 Å². The van der Waals surface area contributed by atoms with Gasteiger partial charge in [-0.15, -0.1) is 0 Å². The fraction of sp³-hybridized carbons (Fsp3) is 0.0370. The predicted octanol–water partition coefficient (Wildman–Crippen LogP) is 6.79. The molecule has 3 aliphatic heterocycles. The summed E-state index contributed by atoms with van der Waals surface area (Å²) in [4.78, 5) is 2.87. The van der Waals surface area contributed by atoms with Crippen LogP contribution in [0.3, 0.4) is 0 Å². The SMILES string of the molecule is N#CC1=C2Sc3ccccc3N2C(=N)C(=C2NC(c3ccccc3)=CS2)C1c1ccc(F)cc1. The summed E-state index contributed by atoms with van der Waals surface area (Å²) in [6.07, 6.45) is 0. The van der Waals surface area contributed by atoms with Gasteiger partial charge in [0.2, 0.25) is 0 Å². The van der Waals surface area contributed by atoms with Gasteiger partial charge in [0.1, 0.15) is 16.7 Å². The number of rotatable bonds is 2. The van der Waals surface area contributed by atoms with E-state index in [1.165, 1.54) is 35.7 Å². The smallest absolute Gasteiger partial charge is 0.137 e. The highest BCUT2D eigenvalue weighted by Crippen LogP contribution is 2.55. The van der Waals surface area contributed by atoms with Gasteiger partial charge in [0, 0.05) is 15.9 Å². The number of para-hydroxylation sites is 1. The molecule has 3 heterocycles. The standard InChI is InChI=1S/C27H17FN4S2/c28-18-12-10-17(11-13-18)23-19(14-29)27-32(21-8-4-5-9-22(21)34-27)25(30)24(23)26-31-20(15-33-26)16-6-2-1-3-7-16/h1-13,15,23,30-31H. The molecule has 0 bridgehead atoms. The molecule has 0 spiro atoms. The van der Waals surface area contributed by atoms with Crippen LogP contribution in [0.5, 0.6) is 0 Å². The number of allylic oxidation sites excluding steroid dienone is 1. The number of anilines is 1. The molecule has 0 saturated carbocycles. The summed E-state index contributed by atoms with van der Waals surface area (Å²) in [5.74, 6) is -0.496. The first-order chi connectivity index (χ1) is 16.7. The molecule has 0 fully saturated rings. The summed E-state index contributed by atoms with van der Waals surface area (Å²) >= 11 is 3.02. The Labute approximate surface area is 205 Å². The molecular weight excluding hydrogens is 463 g/mol. The van der Waals surface area contributed by atoms with Gasteiger partial charge in [0.05, 0.1) is 34.0 Å². The highest BCUT2D eigenvalue weighted by atomic mass is 32.2. The Kier molecular flexibility index (Phi) is 5.05. The van der Waals surface area contributed by atoms with Crippen LogP contribution in [-0.4, -0.2) is 5.84 Å². The second-order valence-electron chi connectivity index (χ2n) is 7.95. The first-order valence-corrected chi connectivity index (χ1v) is 12.3. The van der Waals surface area contributed by atoms with E-state index in [-0.39, 0.29) is 5.82 Å². The number of amidine groups is 1. The van der Waals surface area contributed by atoms with Gasteiger partial charge in [-0.05, 0) is 35.4 Å². The Morgan fingerprint density at radius 3 is 2.47 bits per heavy atom. The molecule has 7 heteroatoms. The summed E-state index contributed by atoms with van der Waals surface area (Å²) in [6.45, 7) is 0. The quantitative estimate of drug-likeness (QED) is 0.423. The topological polar surface area (TPSA) is 62.9 Å². The van der Waals surface area contributed by atoms with Gasteiger partial charge in [-0.2, -0.15) is 5.26 Å². The third-order valence-electron chi connectivity index (χ3n) is 6.00. The molecule has 3 aromatic carbocycles. The molecule has 0 amide bonds. The minimum Gasteiger partial charge on any atom is -0.349 e. The van der Waals surface area contributed by atoms with Crippen LogP contribution in [0.2, 0.25) is 0 Å². The van der Waals surface area contributed by atoms with Crippen molar-refractivity contribution in [2.75, 3.05) is 4.90 Å². The Morgan fingerprint density at radius 2 is 1.71 bits per heavy atom. The number of halogens is 1. The zero-order valence-electron chi connectivity index (χ0n) is 17.7. The Bertz CT molecular complexity index is 1470. The fourth-order valence-corrected chi connectivity index (χ4v) is 6.55. The van der Waals surface area contributed by atoms with E-state index in [0.29, 0.717) is 17.0 Å². The number of hydrogen-bond acceptors (Lipinski definition) is 5. The van der Waals surface area contributed by atoms with Crippen molar-refractivity contribution in [1.82, 2.24) is 5.32 Å². The second-order valence-corrected chi connectivity index (χ2v) is 9.86. The monoisotopic (exact) mass is 480 g/mol. The molecular formula is C27H17FN4S2. The number of nitrogens with one attached hydrogen (secondary N) is 2. The van der Waals surface area contributed by atoms with E-state index in [0.717, 1.165) is 37.5 Å². The van der Waals surface area contributed by atoms with Crippen LogP contribution in [0.15, 0.2) is 110 Å². The molecule has 0 aliphatic carbocycles. The maximum atomic E-state index is 13.8. The number of nitriles is 1. The maximum Gasteiger partial charge on any atom is 0.137 e. The van der Waals surface area contributed by atoms with Crippen LogP contribution in [0.1, 0.15) is 17.0 Å².